The zero-order valence-electron chi connectivity index (χ0n) is 11.8. The SMILES string of the molecule is NC(=NO)c1cc(F)ccc1N1CCOC2CCCCC21. The van der Waals surface area contributed by atoms with E-state index in [0.29, 0.717) is 12.2 Å². The number of anilines is 1. The van der Waals surface area contributed by atoms with Crippen molar-refractivity contribution in [2.24, 2.45) is 10.9 Å². The fourth-order valence-corrected chi connectivity index (χ4v) is 3.41. The molecule has 3 N–H and O–H groups in total. The molecule has 21 heavy (non-hydrogen) atoms. The van der Waals surface area contributed by atoms with Crippen LogP contribution in [0.5, 0.6) is 0 Å². The summed E-state index contributed by atoms with van der Waals surface area (Å²) < 4.78 is 19.4. The molecule has 2 aliphatic rings. The average molecular weight is 293 g/mol. The van der Waals surface area contributed by atoms with Gasteiger partial charge >= 0.3 is 0 Å². The van der Waals surface area contributed by atoms with Gasteiger partial charge in [-0.2, -0.15) is 0 Å². The van der Waals surface area contributed by atoms with Crippen LogP contribution >= 0.6 is 0 Å². The summed E-state index contributed by atoms with van der Waals surface area (Å²) in [6.45, 7) is 1.38. The third-order valence-corrected chi connectivity index (χ3v) is 4.38. The van der Waals surface area contributed by atoms with Crippen molar-refractivity contribution in [1.82, 2.24) is 0 Å². The third-order valence-electron chi connectivity index (χ3n) is 4.38. The number of oxime groups is 1. The molecule has 3 rings (SSSR count). The van der Waals surface area contributed by atoms with Crippen LogP contribution in [0.4, 0.5) is 10.1 Å². The quantitative estimate of drug-likeness (QED) is 0.379. The molecule has 1 aliphatic heterocycles. The number of halogens is 1. The lowest BCUT2D eigenvalue weighted by atomic mass is 9.89. The Labute approximate surface area is 123 Å². The fourth-order valence-electron chi connectivity index (χ4n) is 3.41. The van der Waals surface area contributed by atoms with Crippen molar-refractivity contribution in [3.05, 3.63) is 29.6 Å². The normalized spacial score (nSPS) is 26.5. The Kier molecular flexibility index (Phi) is 3.96. The smallest absolute Gasteiger partial charge is 0.172 e. The van der Waals surface area contributed by atoms with Crippen LogP contribution in [0, 0.1) is 5.82 Å². The number of hydrogen-bond acceptors (Lipinski definition) is 4. The molecule has 0 aromatic heterocycles. The number of ether oxygens (including phenoxy) is 1. The molecule has 114 valence electrons. The second kappa shape index (κ2) is 5.89. The first-order valence-corrected chi connectivity index (χ1v) is 7.36. The van der Waals surface area contributed by atoms with E-state index in [0.717, 1.165) is 25.1 Å². The minimum atomic E-state index is -0.395. The van der Waals surface area contributed by atoms with Crippen molar-refractivity contribution in [2.45, 2.75) is 37.8 Å². The van der Waals surface area contributed by atoms with E-state index < -0.39 is 5.82 Å². The Balaban J connectivity index is 1.98. The van der Waals surface area contributed by atoms with Crippen LogP contribution in [-0.2, 0) is 4.74 Å². The summed E-state index contributed by atoms with van der Waals surface area (Å²) in [7, 11) is 0. The van der Waals surface area contributed by atoms with E-state index in [9.17, 15) is 4.39 Å². The fraction of sp³-hybridized carbons (Fsp3) is 0.533. The van der Waals surface area contributed by atoms with E-state index in [4.69, 9.17) is 15.7 Å². The van der Waals surface area contributed by atoms with Gasteiger partial charge in [-0.05, 0) is 31.0 Å². The molecule has 1 aromatic rings. The predicted molar refractivity (Wildman–Crippen MR) is 78.3 cm³/mol. The van der Waals surface area contributed by atoms with Crippen LogP contribution in [-0.4, -0.2) is 36.3 Å². The number of morpholine rings is 1. The lowest BCUT2D eigenvalue weighted by Crippen LogP contribution is -2.53. The molecular formula is C15H20FN3O2. The summed E-state index contributed by atoms with van der Waals surface area (Å²) >= 11 is 0. The van der Waals surface area contributed by atoms with Crippen LogP contribution in [0.3, 0.4) is 0 Å². The Morgan fingerprint density at radius 1 is 1.38 bits per heavy atom. The number of nitrogens with zero attached hydrogens (tertiary/aromatic N) is 2. The first kappa shape index (κ1) is 14.1. The first-order valence-electron chi connectivity index (χ1n) is 7.36. The van der Waals surface area contributed by atoms with E-state index in [-0.39, 0.29) is 18.0 Å². The van der Waals surface area contributed by atoms with Crippen LogP contribution in [0.2, 0.25) is 0 Å². The van der Waals surface area contributed by atoms with Gasteiger partial charge in [0.2, 0.25) is 0 Å². The van der Waals surface area contributed by atoms with Gasteiger partial charge in [0.25, 0.3) is 0 Å². The Bertz CT molecular complexity index is 548. The lowest BCUT2D eigenvalue weighted by Gasteiger charge is -2.45. The van der Waals surface area contributed by atoms with Crippen LogP contribution in [0.25, 0.3) is 0 Å². The highest BCUT2D eigenvalue weighted by molar-refractivity contribution is 6.02. The van der Waals surface area contributed by atoms with Crippen LogP contribution in [0.15, 0.2) is 23.4 Å². The molecule has 5 nitrogen and oxygen atoms in total. The van der Waals surface area contributed by atoms with Gasteiger partial charge in [-0.3, -0.25) is 0 Å². The molecule has 0 amide bonds. The molecule has 2 fully saturated rings. The standard InChI is InChI=1S/C15H20FN3O2/c16-10-5-6-12(11(9-10)15(17)18-20)19-7-8-21-14-4-2-1-3-13(14)19/h5-6,9,13-14,20H,1-4,7-8H2,(H2,17,18). The average Bonchev–Trinajstić information content (AvgIpc) is 2.53. The molecule has 2 atom stereocenters. The Morgan fingerprint density at radius 2 is 2.19 bits per heavy atom. The van der Waals surface area contributed by atoms with Crippen LogP contribution < -0.4 is 10.6 Å². The second-order valence-corrected chi connectivity index (χ2v) is 5.60. The summed E-state index contributed by atoms with van der Waals surface area (Å²) in [5.41, 5.74) is 6.96. The highest BCUT2D eigenvalue weighted by Gasteiger charge is 2.35. The van der Waals surface area contributed by atoms with Gasteiger partial charge in [0.05, 0.1) is 18.8 Å². The molecule has 1 saturated heterocycles. The van der Waals surface area contributed by atoms with E-state index in [1.807, 2.05) is 0 Å². The van der Waals surface area contributed by atoms with Crippen molar-refractivity contribution >= 4 is 11.5 Å². The number of benzene rings is 1. The molecule has 0 bridgehead atoms. The molecule has 1 saturated carbocycles. The molecule has 1 aliphatic carbocycles. The number of amidine groups is 1. The number of rotatable bonds is 2. The molecular weight excluding hydrogens is 273 g/mol. The van der Waals surface area contributed by atoms with E-state index in [1.54, 1.807) is 6.07 Å². The van der Waals surface area contributed by atoms with Crippen molar-refractivity contribution < 1.29 is 14.3 Å². The van der Waals surface area contributed by atoms with Gasteiger partial charge in [0, 0.05) is 17.8 Å². The van der Waals surface area contributed by atoms with Gasteiger partial charge in [-0.25, -0.2) is 4.39 Å². The number of hydrogen-bond donors (Lipinski definition) is 2. The van der Waals surface area contributed by atoms with Gasteiger partial charge < -0.3 is 20.6 Å². The largest absolute Gasteiger partial charge is 0.409 e. The maximum atomic E-state index is 13.5. The summed E-state index contributed by atoms with van der Waals surface area (Å²) in [5, 5.41) is 12.0. The molecule has 6 heteroatoms. The molecule has 0 spiro atoms. The van der Waals surface area contributed by atoms with E-state index >= 15 is 0 Å². The first-order chi connectivity index (χ1) is 10.2. The maximum Gasteiger partial charge on any atom is 0.172 e. The molecule has 0 radical (unpaired) electrons. The van der Waals surface area contributed by atoms with Gasteiger partial charge in [0.1, 0.15) is 5.82 Å². The zero-order chi connectivity index (χ0) is 14.8. The summed E-state index contributed by atoms with van der Waals surface area (Å²) in [6, 6.07) is 4.72. The maximum absolute atomic E-state index is 13.5. The minimum Gasteiger partial charge on any atom is -0.409 e. The Morgan fingerprint density at radius 3 is 3.00 bits per heavy atom. The van der Waals surface area contributed by atoms with Crippen molar-refractivity contribution in [3.63, 3.8) is 0 Å². The molecule has 2 unspecified atom stereocenters. The summed E-state index contributed by atoms with van der Waals surface area (Å²) in [4.78, 5) is 2.22. The monoisotopic (exact) mass is 293 g/mol. The number of nitrogens with two attached hydrogens (primary N) is 1. The van der Waals surface area contributed by atoms with Crippen molar-refractivity contribution in [3.8, 4) is 0 Å². The van der Waals surface area contributed by atoms with Gasteiger partial charge in [0.15, 0.2) is 5.84 Å². The molecule has 1 heterocycles. The van der Waals surface area contributed by atoms with Crippen molar-refractivity contribution in [1.29, 1.82) is 0 Å². The Hall–Kier alpha value is -1.82. The number of fused-ring (bicyclic) bond motifs is 1. The van der Waals surface area contributed by atoms with Crippen LogP contribution in [0.1, 0.15) is 31.2 Å². The van der Waals surface area contributed by atoms with Gasteiger partial charge in [-0.1, -0.05) is 18.0 Å². The zero-order valence-corrected chi connectivity index (χ0v) is 11.8. The van der Waals surface area contributed by atoms with E-state index in [1.165, 1.54) is 25.0 Å². The topological polar surface area (TPSA) is 71.1 Å². The highest BCUT2D eigenvalue weighted by atomic mass is 19.1. The summed E-state index contributed by atoms with van der Waals surface area (Å²) in [5.74, 6) is -0.461. The van der Waals surface area contributed by atoms with E-state index in [2.05, 4.69) is 10.1 Å². The predicted octanol–water partition coefficient (Wildman–Crippen LogP) is 2.07. The summed E-state index contributed by atoms with van der Waals surface area (Å²) in [6.07, 6.45) is 4.68. The highest BCUT2D eigenvalue weighted by Crippen LogP contribution is 2.33. The lowest BCUT2D eigenvalue weighted by molar-refractivity contribution is -0.00869. The van der Waals surface area contributed by atoms with Gasteiger partial charge in [-0.15, -0.1) is 0 Å². The van der Waals surface area contributed by atoms with Crippen molar-refractivity contribution in [2.75, 3.05) is 18.1 Å². The second-order valence-electron chi connectivity index (χ2n) is 5.60. The minimum absolute atomic E-state index is 0.0663. The molecule has 1 aromatic carbocycles. The third kappa shape index (κ3) is 2.68.